The minimum atomic E-state index is 0.659. The van der Waals surface area contributed by atoms with Gasteiger partial charge in [-0.25, -0.2) is 9.97 Å². The maximum atomic E-state index is 4.84. The summed E-state index contributed by atoms with van der Waals surface area (Å²) < 4.78 is 4.46. The molecule has 0 amide bonds. The Morgan fingerprint density at radius 1 is 0.647 bits per heavy atom. The number of hydrogen-bond acceptors (Lipinski definition) is 3. The van der Waals surface area contributed by atoms with Crippen molar-refractivity contribution in [1.82, 2.24) is 24.1 Å². The monoisotopic (exact) mass is 437 g/mol. The maximum absolute atomic E-state index is 4.84. The normalized spacial score (nSPS) is 11.5. The second kappa shape index (κ2) is 7.39. The summed E-state index contributed by atoms with van der Waals surface area (Å²) in [6.45, 7) is 0. The van der Waals surface area contributed by atoms with Crippen LogP contribution in [0.2, 0.25) is 0 Å². The van der Waals surface area contributed by atoms with Gasteiger partial charge in [-0.05, 0) is 54.6 Å². The molecule has 0 aliphatic heterocycles. The van der Waals surface area contributed by atoms with Gasteiger partial charge in [0.25, 0.3) is 0 Å². The van der Waals surface area contributed by atoms with E-state index in [4.69, 9.17) is 4.98 Å². The predicted octanol–water partition coefficient (Wildman–Crippen LogP) is 6.58. The van der Waals surface area contributed by atoms with Crippen LogP contribution in [0, 0.1) is 0 Å². The Morgan fingerprint density at radius 3 is 2.41 bits per heavy atom. The number of para-hydroxylation sites is 2. The molecule has 0 N–H and O–H groups in total. The molecule has 0 saturated heterocycles. The highest BCUT2D eigenvalue weighted by Crippen LogP contribution is 2.35. The van der Waals surface area contributed by atoms with Crippen molar-refractivity contribution < 1.29 is 0 Å². The molecule has 5 nitrogen and oxygen atoms in total. The zero-order valence-electron chi connectivity index (χ0n) is 18.2. The maximum Gasteiger partial charge on any atom is 0.163 e. The third-order valence-electron chi connectivity index (χ3n) is 6.31. The fourth-order valence-electron chi connectivity index (χ4n) is 4.77. The van der Waals surface area contributed by atoms with Crippen molar-refractivity contribution in [2.24, 2.45) is 0 Å². The summed E-state index contributed by atoms with van der Waals surface area (Å²) in [5.41, 5.74) is 5.51. The first-order chi connectivity index (χ1) is 16.9. The third-order valence-corrected chi connectivity index (χ3v) is 6.31. The average molecular weight is 438 g/mol. The summed E-state index contributed by atoms with van der Waals surface area (Å²) in [7, 11) is 0. The highest BCUT2D eigenvalue weighted by Gasteiger charge is 2.15. The average Bonchev–Trinajstić information content (AvgIpc) is 3.47. The van der Waals surface area contributed by atoms with Crippen LogP contribution >= 0.6 is 0 Å². The SMILES string of the molecule is c1ccc(-n2c3ccccc3c3cc4ccn(-c5ccnc(-c6cccnc6)n5)c4cc32)cc1. The quantitative estimate of drug-likeness (QED) is 0.314. The molecule has 0 spiro atoms. The molecule has 0 aliphatic rings. The fraction of sp³-hybridized carbons (Fsp3) is 0. The molecule has 0 atom stereocenters. The van der Waals surface area contributed by atoms with Crippen molar-refractivity contribution in [2.75, 3.05) is 0 Å². The van der Waals surface area contributed by atoms with Gasteiger partial charge in [-0.1, -0.05) is 36.4 Å². The van der Waals surface area contributed by atoms with Crippen LogP contribution in [0.4, 0.5) is 0 Å². The number of hydrogen-bond donors (Lipinski definition) is 0. The Labute approximate surface area is 195 Å². The van der Waals surface area contributed by atoms with Crippen molar-refractivity contribution in [3.8, 4) is 22.9 Å². The lowest BCUT2D eigenvalue weighted by Gasteiger charge is -2.09. The van der Waals surface area contributed by atoms with Gasteiger partial charge in [0, 0.05) is 52.2 Å². The molecule has 34 heavy (non-hydrogen) atoms. The Bertz CT molecular complexity index is 1800. The van der Waals surface area contributed by atoms with E-state index in [0.717, 1.165) is 22.6 Å². The Hall–Kier alpha value is -4.77. The van der Waals surface area contributed by atoms with Gasteiger partial charge in [-0.15, -0.1) is 0 Å². The van der Waals surface area contributed by atoms with E-state index >= 15 is 0 Å². The molecule has 3 aromatic carbocycles. The van der Waals surface area contributed by atoms with E-state index in [1.54, 1.807) is 18.6 Å². The summed E-state index contributed by atoms with van der Waals surface area (Å²) in [5, 5.41) is 3.66. The van der Waals surface area contributed by atoms with Gasteiger partial charge in [0.15, 0.2) is 5.82 Å². The lowest BCUT2D eigenvalue weighted by Crippen LogP contribution is -1.99. The number of aromatic nitrogens is 5. The number of nitrogens with zero attached hydrogens (tertiary/aromatic N) is 5. The molecule has 4 aromatic heterocycles. The topological polar surface area (TPSA) is 48.5 Å². The zero-order chi connectivity index (χ0) is 22.5. The largest absolute Gasteiger partial charge is 0.309 e. The van der Waals surface area contributed by atoms with Crippen molar-refractivity contribution >= 4 is 32.7 Å². The summed E-state index contributed by atoms with van der Waals surface area (Å²) in [6, 6.07) is 31.6. The molecule has 0 fully saturated rings. The first kappa shape index (κ1) is 18.8. The van der Waals surface area contributed by atoms with Gasteiger partial charge >= 0.3 is 0 Å². The van der Waals surface area contributed by atoms with Crippen molar-refractivity contribution in [1.29, 1.82) is 0 Å². The Kier molecular flexibility index (Phi) is 4.08. The first-order valence-corrected chi connectivity index (χ1v) is 11.2. The standard InChI is InChI=1S/C29H19N5/c1-2-8-22(9-3-1)34-25-11-5-4-10-23(25)24-17-20-13-16-33(26(20)18-27(24)34)28-12-15-31-29(32-28)21-7-6-14-30-19-21/h1-19H. The van der Waals surface area contributed by atoms with E-state index in [0.29, 0.717) is 5.82 Å². The molecule has 7 rings (SSSR count). The number of fused-ring (bicyclic) bond motifs is 4. The van der Waals surface area contributed by atoms with Crippen LogP contribution in [-0.2, 0) is 0 Å². The van der Waals surface area contributed by atoms with Gasteiger partial charge in [0.2, 0.25) is 0 Å². The number of pyridine rings is 1. The van der Waals surface area contributed by atoms with Crippen molar-refractivity contribution in [3.05, 3.63) is 116 Å². The lowest BCUT2D eigenvalue weighted by atomic mass is 10.1. The van der Waals surface area contributed by atoms with Crippen molar-refractivity contribution in [2.45, 2.75) is 0 Å². The van der Waals surface area contributed by atoms with Gasteiger partial charge < -0.3 is 9.13 Å². The van der Waals surface area contributed by atoms with Crippen LogP contribution in [0.1, 0.15) is 0 Å². The summed E-state index contributed by atoms with van der Waals surface area (Å²) >= 11 is 0. The van der Waals surface area contributed by atoms with E-state index in [9.17, 15) is 0 Å². The van der Waals surface area contributed by atoms with Gasteiger partial charge in [0.1, 0.15) is 5.82 Å². The van der Waals surface area contributed by atoms with Gasteiger partial charge in [-0.3, -0.25) is 4.98 Å². The van der Waals surface area contributed by atoms with Crippen LogP contribution in [0.15, 0.2) is 116 Å². The first-order valence-electron chi connectivity index (χ1n) is 11.2. The Morgan fingerprint density at radius 2 is 1.53 bits per heavy atom. The number of benzene rings is 3. The fourth-order valence-corrected chi connectivity index (χ4v) is 4.77. The van der Waals surface area contributed by atoms with Crippen LogP contribution < -0.4 is 0 Å². The highest BCUT2D eigenvalue weighted by atomic mass is 15.1. The van der Waals surface area contributed by atoms with Gasteiger partial charge in [-0.2, -0.15) is 0 Å². The van der Waals surface area contributed by atoms with Crippen LogP contribution in [-0.4, -0.2) is 24.1 Å². The van der Waals surface area contributed by atoms with Crippen LogP contribution in [0.3, 0.4) is 0 Å². The molecule has 0 bridgehead atoms. The summed E-state index contributed by atoms with van der Waals surface area (Å²) in [6.07, 6.45) is 7.42. The van der Waals surface area contributed by atoms with E-state index in [-0.39, 0.29) is 0 Å². The zero-order valence-corrected chi connectivity index (χ0v) is 18.2. The molecule has 5 heteroatoms. The molecular weight excluding hydrogens is 418 g/mol. The lowest BCUT2D eigenvalue weighted by molar-refractivity contribution is 1.02. The van der Waals surface area contributed by atoms with E-state index in [1.165, 1.54) is 27.2 Å². The predicted molar refractivity (Wildman–Crippen MR) is 136 cm³/mol. The Balaban J connectivity index is 1.49. The highest BCUT2D eigenvalue weighted by molar-refractivity contribution is 6.13. The van der Waals surface area contributed by atoms with E-state index < -0.39 is 0 Å². The van der Waals surface area contributed by atoms with E-state index in [2.05, 4.69) is 98.1 Å². The molecular formula is C29H19N5. The van der Waals surface area contributed by atoms with E-state index in [1.807, 2.05) is 18.2 Å². The molecule has 0 saturated carbocycles. The second-order valence-corrected chi connectivity index (χ2v) is 8.28. The smallest absolute Gasteiger partial charge is 0.163 e. The molecule has 7 aromatic rings. The van der Waals surface area contributed by atoms with Gasteiger partial charge in [0.05, 0.1) is 16.6 Å². The summed E-state index contributed by atoms with van der Waals surface area (Å²) in [5.74, 6) is 1.48. The molecule has 160 valence electrons. The van der Waals surface area contributed by atoms with Crippen molar-refractivity contribution in [3.63, 3.8) is 0 Å². The molecule has 0 unspecified atom stereocenters. The summed E-state index contributed by atoms with van der Waals surface area (Å²) in [4.78, 5) is 13.5. The number of rotatable bonds is 3. The second-order valence-electron chi connectivity index (χ2n) is 8.28. The molecule has 4 heterocycles. The molecule has 0 radical (unpaired) electrons. The minimum absolute atomic E-state index is 0.659. The molecule has 0 aliphatic carbocycles. The van der Waals surface area contributed by atoms with Crippen LogP contribution in [0.25, 0.3) is 55.6 Å². The third kappa shape index (κ3) is 2.84. The van der Waals surface area contributed by atoms with Crippen LogP contribution in [0.5, 0.6) is 0 Å². The minimum Gasteiger partial charge on any atom is -0.309 e.